The molecule has 1 fully saturated rings. The van der Waals surface area contributed by atoms with Gasteiger partial charge in [0.25, 0.3) is 0 Å². The van der Waals surface area contributed by atoms with E-state index in [0.29, 0.717) is 6.54 Å². The second-order valence-electron chi connectivity index (χ2n) is 7.32. The molecule has 1 atom stereocenters. The van der Waals surface area contributed by atoms with Crippen LogP contribution in [0, 0.1) is 6.92 Å². The number of rotatable bonds is 8. The number of benzene rings is 2. The lowest BCUT2D eigenvalue weighted by atomic mass is 10.1. The van der Waals surface area contributed by atoms with Crippen LogP contribution in [0.5, 0.6) is 0 Å². The van der Waals surface area contributed by atoms with E-state index in [1.54, 1.807) is 11.8 Å². The molecular formula is C23H29ClN2OS. The number of amides is 1. The molecule has 2 aromatic carbocycles. The quantitative estimate of drug-likeness (QED) is 0.565. The van der Waals surface area contributed by atoms with E-state index in [-0.39, 0.29) is 11.3 Å². The Morgan fingerprint density at radius 1 is 1.21 bits per heavy atom. The molecule has 150 valence electrons. The van der Waals surface area contributed by atoms with Gasteiger partial charge in [0.2, 0.25) is 5.91 Å². The maximum absolute atomic E-state index is 13.2. The average molecular weight is 417 g/mol. The van der Waals surface area contributed by atoms with Crippen LogP contribution in [-0.4, -0.2) is 41.1 Å². The monoisotopic (exact) mass is 416 g/mol. The van der Waals surface area contributed by atoms with Crippen molar-refractivity contribution in [3.05, 3.63) is 70.2 Å². The van der Waals surface area contributed by atoms with E-state index in [1.807, 2.05) is 29.2 Å². The minimum absolute atomic E-state index is 0.0210. The highest BCUT2D eigenvalue weighted by Crippen LogP contribution is 2.40. The van der Waals surface area contributed by atoms with Gasteiger partial charge in [-0.05, 0) is 37.1 Å². The van der Waals surface area contributed by atoms with Crippen LogP contribution in [0.3, 0.4) is 0 Å². The van der Waals surface area contributed by atoms with Crippen molar-refractivity contribution < 1.29 is 4.79 Å². The Hall–Kier alpha value is -1.49. The van der Waals surface area contributed by atoms with Crippen LogP contribution in [0.25, 0.3) is 0 Å². The van der Waals surface area contributed by atoms with Gasteiger partial charge in [0.05, 0.1) is 6.54 Å². The zero-order chi connectivity index (χ0) is 19.9. The highest BCUT2D eigenvalue weighted by atomic mass is 35.5. The standard InChI is InChI=1S/C23H29ClN2OS/c1-3-4-13-25(16-19-10-6-5-9-18(19)2)17-22(27)26-14-15-28-23(26)20-11-7-8-12-21(20)24/h5-12,23H,3-4,13-17H2,1-2H3/t23-/m0/s1. The Kier molecular flexibility index (Phi) is 7.83. The molecular weight excluding hydrogens is 388 g/mol. The van der Waals surface area contributed by atoms with Gasteiger partial charge in [-0.1, -0.05) is 67.4 Å². The first-order chi connectivity index (χ1) is 13.6. The van der Waals surface area contributed by atoms with Crippen molar-refractivity contribution in [1.82, 2.24) is 9.80 Å². The van der Waals surface area contributed by atoms with Crippen molar-refractivity contribution in [2.75, 3.05) is 25.4 Å². The Morgan fingerprint density at radius 2 is 1.96 bits per heavy atom. The summed E-state index contributed by atoms with van der Waals surface area (Å²) in [6.07, 6.45) is 2.22. The molecule has 1 aliphatic heterocycles. The maximum atomic E-state index is 13.2. The molecule has 3 nitrogen and oxygen atoms in total. The van der Waals surface area contributed by atoms with Gasteiger partial charge in [-0.25, -0.2) is 0 Å². The first-order valence-electron chi connectivity index (χ1n) is 10.0. The minimum atomic E-state index is 0.0210. The number of carbonyl (C=O) groups excluding carboxylic acids is 1. The van der Waals surface area contributed by atoms with Gasteiger partial charge in [-0.3, -0.25) is 9.69 Å². The van der Waals surface area contributed by atoms with Crippen LogP contribution < -0.4 is 0 Å². The Morgan fingerprint density at radius 3 is 2.71 bits per heavy atom. The fourth-order valence-corrected chi connectivity index (χ4v) is 5.18. The van der Waals surface area contributed by atoms with E-state index in [1.165, 1.54) is 11.1 Å². The summed E-state index contributed by atoms with van der Waals surface area (Å²) >= 11 is 8.21. The lowest BCUT2D eigenvalue weighted by Gasteiger charge is -2.29. The van der Waals surface area contributed by atoms with Gasteiger partial charge in [0, 0.05) is 29.4 Å². The molecule has 3 rings (SSSR count). The lowest BCUT2D eigenvalue weighted by Crippen LogP contribution is -2.40. The van der Waals surface area contributed by atoms with Crippen molar-refractivity contribution in [3.8, 4) is 0 Å². The third kappa shape index (κ3) is 5.31. The number of nitrogens with zero attached hydrogens (tertiary/aromatic N) is 2. The summed E-state index contributed by atoms with van der Waals surface area (Å²) in [7, 11) is 0. The maximum Gasteiger partial charge on any atom is 0.237 e. The second-order valence-corrected chi connectivity index (χ2v) is 8.92. The van der Waals surface area contributed by atoms with Gasteiger partial charge in [0.15, 0.2) is 0 Å². The minimum Gasteiger partial charge on any atom is -0.325 e. The topological polar surface area (TPSA) is 23.6 Å². The molecule has 0 aromatic heterocycles. The summed E-state index contributed by atoms with van der Waals surface area (Å²) in [4.78, 5) is 17.5. The van der Waals surface area contributed by atoms with Crippen molar-refractivity contribution in [2.45, 2.75) is 38.6 Å². The lowest BCUT2D eigenvalue weighted by molar-refractivity contribution is -0.132. The Bertz CT molecular complexity index is 798. The van der Waals surface area contributed by atoms with Crippen LogP contribution in [0.1, 0.15) is 41.8 Å². The zero-order valence-electron chi connectivity index (χ0n) is 16.7. The third-order valence-electron chi connectivity index (χ3n) is 5.22. The summed E-state index contributed by atoms with van der Waals surface area (Å²) in [5, 5.41) is 0.759. The number of carbonyl (C=O) groups is 1. The summed E-state index contributed by atoms with van der Waals surface area (Å²) in [5.41, 5.74) is 3.62. The van der Waals surface area contributed by atoms with Gasteiger partial charge < -0.3 is 4.90 Å². The third-order valence-corrected chi connectivity index (χ3v) is 6.81. The van der Waals surface area contributed by atoms with Gasteiger partial charge in [0.1, 0.15) is 5.37 Å². The molecule has 1 heterocycles. The number of aryl methyl sites for hydroxylation is 1. The van der Waals surface area contributed by atoms with Crippen LogP contribution in [0.4, 0.5) is 0 Å². The second kappa shape index (κ2) is 10.3. The fourth-order valence-electron chi connectivity index (χ4n) is 3.56. The number of halogens is 1. The number of unbranched alkanes of at least 4 members (excludes halogenated alkanes) is 1. The van der Waals surface area contributed by atoms with Crippen molar-refractivity contribution >= 4 is 29.3 Å². The molecule has 0 radical (unpaired) electrons. The van der Waals surface area contributed by atoms with Crippen LogP contribution >= 0.6 is 23.4 Å². The molecule has 0 bridgehead atoms. The van der Waals surface area contributed by atoms with E-state index in [9.17, 15) is 4.79 Å². The largest absolute Gasteiger partial charge is 0.325 e. The van der Waals surface area contributed by atoms with Crippen LogP contribution in [0.15, 0.2) is 48.5 Å². The molecule has 5 heteroatoms. The Labute approximate surface area is 178 Å². The van der Waals surface area contributed by atoms with E-state index >= 15 is 0 Å². The smallest absolute Gasteiger partial charge is 0.237 e. The number of hydrogen-bond donors (Lipinski definition) is 0. The molecule has 1 amide bonds. The molecule has 0 saturated carbocycles. The summed E-state index contributed by atoms with van der Waals surface area (Å²) < 4.78 is 0. The summed E-state index contributed by atoms with van der Waals surface area (Å²) in [6, 6.07) is 16.3. The molecule has 28 heavy (non-hydrogen) atoms. The highest BCUT2D eigenvalue weighted by molar-refractivity contribution is 7.99. The summed E-state index contributed by atoms with van der Waals surface area (Å²) in [5.74, 6) is 1.15. The van der Waals surface area contributed by atoms with Crippen molar-refractivity contribution in [2.24, 2.45) is 0 Å². The number of thioether (sulfide) groups is 1. The predicted molar refractivity (Wildman–Crippen MR) is 120 cm³/mol. The Balaban J connectivity index is 1.71. The molecule has 0 aliphatic carbocycles. The van der Waals surface area contributed by atoms with Gasteiger partial charge in [-0.15, -0.1) is 11.8 Å². The van der Waals surface area contributed by atoms with E-state index in [4.69, 9.17) is 11.6 Å². The van der Waals surface area contributed by atoms with Crippen molar-refractivity contribution in [3.63, 3.8) is 0 Å². The predicted octanol–water partition coefficient (Wildman–Crippen LogP) is 5.52. The molecule has 0 unspecified atom stereocenters. The highest BCUT2D eigenvalue weighted by Gasteiger charge is 2.32. The number of hydrogen-bond acceptors (Lipinski definition) is 3. The van der Waals surface area contributed by atoms with E-state index < -0.39 is 0 Å². The normalized spacial score (nSPS) is 16.7. The van der Waals surface area contributed by atoms with Gasteiger partial charge >= 0.3 is 0 Å². The molecule has 0 N–H and O–H groups in total. The van der Waals surface area contributed by atoms with E-state index in [2.05, 4.69) is 43.0 Å². The van der Waals surface area contributed by atoms with Crippen molar-refractivity contribution in [1.29, 1.82) is 0 Å². The zero-order valence-corrected chi connectivity index (χ0v) is 18.3. The molecule has 1 aliphatic rings. The SMILES string of the molecule is CCCCN(CC(=O)N1CCS[C@H]1c1ccccc1Cl)Cc1ccccc1C. The van der Waals surface area contributed by atoms with E-state index in [0.717, 1.165) is 48.8 Å². The summed E-state index contributed by atoms with van der Waals surface area (Å²) in [6.45, 7) is 7.32. The first-order valence-corrected chi connectivity index (χ1v) is 11.4. The average Bonchev–Trinajstić information content (AvgIpc) is 3.18. The first kappa shape index (κ1) is 21.2. The molecule has 0 spiro atoms. The van der Waals surface area contributed by atoms with Crippen LogP contribution in [-0.2, 0) is 11.3 Å². The molecule has 2 aromatic rings. The van der Waals surface area contributed by atoms with Gasteiger partial charge in [-0.2, -0.15) is 0 Å². The fraction of sp³-hybridized carbons (Fsp3) is 0.435. The molecule has 1 saturated heterocycles. The van der Waals surface area contributed by atoms with Crippen LogP contribution in [0.2, 0.25) is 5.02 Å².